The molecule has 0 radical (unpaired) electrons. The van der Waals surface area contributed by atoms with Crippen LogP contribution in [0.5, 0.6) is 11.5 Å². The van der Waals surface area contributed by atoms with E-state index in [-0.39, 0.29) is 16.8 Å². The van der Waals surface area contributed by atoms with Gasteiger partial charge in [0.25, 0.3) is 0 Å². The lowest BCUT2D eigenvalue weighted by atomic mass is 10.1. The Bertz CT molecular complexity index is 905. The molecule has 0 spiro atoms. The highest BCUT2D eigenvalue weighted by Gasteiger charge is 2.17. The number of hydrogen-bond acceptors (Lipinski definition) is 3. The molecule has 0 aliphatic heterocycles. The van der Waals surface area contributed by atoms with Crippen LogP contribution in [-0.4, -0.2) is 14.8 Å². The highest BCUT2D eigenvalue weighted by Crippen LogP contribution is 2.30. The number of rotatable bonds is 1. The predicted molar refractivity (Wildman–Crippen MR) is 79.3 cm³/mol. The Morgan fingerprint density at radius 2 is 1.32 bits per heavy atom. The summed E-state index contributed by atoms with van der Waals surface area (Å²) in [7, 11) is 0. The van der Waals surface area contributed by atoms with Gasteiger partial charge in [-0.3, -0.25) is 4.79 Å². The highest BCUT2D eigenvalue weighted by atomic mass is 19.1. The van der Waals surface area contributed by atoms with Crippen molar-refractivity contribution in [3.63, 3.8) is 0 Å². The molecular weight excluding hydrogens is 292 g/mol. The maximum atomic E-state index is 13.6. The third-order valence-electron chi connectivity index (χ3n) is 3.66. The van der Waals surface area contributed by atoms with Gasteiger partial charge in [-0.05, 0) is 26.0 Å². The van der Waals surface area contributed by atoms with E-state index in [1.807, 2.05) is 13.8 Å². The van der Waals surface area contributed by atoms with Gasteiger partial charge in [0.15, 0.2) is 28.6 Å². The van der Waals surface area contributed by atoms with Crippen molar-refractivity contribution in [1.29, 1.82) is 0 Å². The van der Waals surface area contributed by atoms with Gasteiger partial charge in [0, 0.05) is 28.9 Å². The molecule has 2 N–H and O–H groups in total. The third kappa shape index (κ3) is 1.91. The van der Waals surface area contributed by atoms with Gasteiger partial charge in [0.1, 0.15) is 0 Å². The molecule has 0 atom stereocenters. The number of aromatic nitrogens is 1. The zero-order chi connectivity index (χ0) is 16.2. The van der Waals surface area contributed by atoms with Crippen LogP contribution in [0, 0.1) is 11.6 Å². The quantitative estimate of drug-likeness (QED) is 0.677. The first-order valence-electron chi connectivity index (χ1n) is 6.70. The first-order chi connectivity index (χ1) is 10.3. The Kier molecular flexibility index (Phi) is 3.05. The second-order valence-electron chi connectivity index (χ2n) is 5.43. The summed E-state index contributed by atoms with van der Waals surface area (Å²) in [6, 6.07) is 4.03. The van der Waals surface area contributed by atoms with Crippen LogP contribution in [0.4, 0.5) is 8.78 Å². The molecule has 0 unspecified atom stereocenters. The third-order valence-corrected chi connectivity index (χ3v) is 3.66. The minimum absolute atomic E-state index is 0.0431. The summed E-state index contributed by atoms with van der Waals surface area (Å²) in [6.45, 7) is 3.65. The Morgan fingerprint density at radius 3 is 1.68 bits per heavy atom. The Hall–Kier alpha value is -2.63. The fraction of sp³-hybridized carbons (Fsp3) is 0.188. The van der Waals surface area contributed by atoms with Gasteiger partial charge in [0.2, 0.25) is 0 Å². The van der Waals surface area contributed by atoms with Crippen LogP contribution in [0.2, 0.25) is 0 Å². The van der Waals surface area contributed by atoms with Gasteiger partial charge < -0.3 is 14.8 Å². The molecule has 0 amide bonds. The average Bonchev–Trinajstić information content (AvgIpc) is 2.44. The molecule has 3 rings (SSSR count). The maximum absolute atomic E-state index is 13.6. The van der Waals surface area contributed by atoms with Gasteiger partial charge in [-0.1, -0.05) is 0 Å². The molecule has 6 heteroatoms. The van der Waals surface area contributed by atoms with Crippen LogP contribution in [0.25, 0.3) is 21.8 Å². The van der Waals surface area contributed by atoms with Crippen LogP contribution >= 0.6 is 0 Å². The van der Waals surface area contributed by atoms with Gasteiger partial charge in [-0.25, -0.2) is 8.78 Å². The topological polar surface area (TPSA) is 62.5 Å². The van der Waals surface area contributed by atoms with E-state index in [1.54, 1.807) is 4.57 Å². The molecule has 0 saturated carbocycles. The molecule has 1 heterocycles. The van der Waals surface area contributed by atoms with E-state index >= 15 is 0 Å². The summed E-state index contributed by atoms with van der Waals surface area (Å²) in [5.41, 5.74) is 0.0783. The van der Waals surface area contributed by atoms with Crippen molar-refractivity contribution in [3.05, 3.63) is 46.1 Å². The normalized spacial score (nSPS) is 11.7. The first kappa shape index (κ1) is 14.3. The molecule has 0 aliphatic rings. The molecular formula is C16H13F2NO3. The second-order valence-corrected chi connectivity index (χ2v) is 5.43. The largest absolute Gasteiger partial charge is 0.505 e. The number of benzene rings is 2. The minimum Gasteiger partial charge on any atom is -0.505 e. The lowest BCUT2D eigenvalue weighted by Gasteiger charge is -2.19. The van der Waals surface area contributed by atoms with Crippen LogP contribution in [-0.2, 0) is 0 Å². The predicted octanol–water partition coefficient (Wildman–Crippen LogP) is 3.43. The summed E-state index contributed by atoms with van der Waals surface area (Å²) in [6.07, 6.45) is 0. The lowest BCUT2D eigenvalue weighted by molar-refractivity contribution is 0.432. The van der Waals surface area contributed by atoms with Crippen LogP contribution in [0.3, 0.4) is 0 Å². The van der Waals surface area contributed by atoms with Crippen molar-refractivity contribution in [2.45, 2.75) is 19.9 Å². The van der Waals surface area contributed by atoms with Crippen molar-refractivity contribution in [1.82, 2.24) is 4.57 Å². The highest BCUT2D eigenvalue weighted by molar-refractivity contribution is 5.94. The smallest absolute Gasteiger partial charge is 0.197 e. The number of nitrogens with zero attached hydrogens (tertiary/aromatic N) is 1. The Labute approximate surface area is 123 Å². The molecule has 0 saturated heterocycles. The average molecular weight is 305 g/mol. The van der Waals surface area contributed by atoms with Crippen molar-refractivity contribution in [3.8, 4) is 11.5 Å². The number of aromatic hydroxyl groups is 2. The maximum Gasteiger partial charge on any atom is 0.197 e. The molecule has 22 heavy (non-hydrogen) atoms. The van der Waals surface area contributed by atoms with Crippen molar-refractivity contribution in [2.75, 3.05) is 0 Å². The van der Waals surface area contributed by atoms with E-state index in [0.29, 0.717) is 11.0 Å². The van der Waals surface area contributed by atoms with E-state index in [1.165, 1.54) is 0 Å². The van der Waals surface area contributed by atoms with E-state index in [9.17, 15) is 23.8 Å². The molecule has 3 aromatic rings. The fourth-order valence-corrected chi connectivity index (χ4v) is 2.70. The zero-order valence-corrected chi connectivity index (χ0v) is 11.9. The number of phenols is 2. The van der Waals surface area contributed by atoms with E-state index in [4.69, 9.17) is 0 Å². The van der Waals surface area contributed by atoms with Gasteiger partial charge in [-0.15, -0.1) is 0 Å². The van der Waals surface area contributed by atoms with E-state index in [0.717, 1.165) is 24.3 Å². The molecule has 0 aliphatic carbocycles. The van der Waals surface area contributed by atoms with Crippen LogP contribution in [0.15, 0.2) is 29.1 Å². The summed E-state index contributed by atoms with van der Waals surface area (Å²) in [5, 5.41) is 19.3. The van der Waals surface area contributed by atoms with Crippen LogP contribution in [0.1, 0.15) is 19.9 Å². The summed E-state index contributed by atoms with van der Waals surface area (Å²) in [5.74, 6) is -2.99. The molecule has 1 aromatic heterocycles. The monoisotopic (exact) mass is 305 g/mol. The summed E-state index contributed by atoms with van der Waals surface area (Å²) >= 11 is 0. The standard InChI is InChI=1S/C16H13F2NO3/c1-7(2)19-12-5-14(20)10(17)3-8(12)16(22)9-4-11(18)15(21)6-13(9)19/h3-7,20-21H,1-2H3. The van der Waals surface area contributed by atoms with E-state index < -0.39 is 28.6 Å². The van der Waals surface area contributed by atoms with E-state index in [2.05, 4.69) is 0 Å². The summed E-state index contributed by atoms with van der Waals surface area (Å²) < 4.78 is 28.8. The van der Waals surface area contributed by atoms with Crippen molar-refractivity contribution >= 4 is 21.8 Å². The molecule has 4 nitrogen and oxygen atoms in total. The summed E-state index contributed by atoms with van der Waals surface area (Å²) in [4.78, 5) is 12.5. The number of fused-ring (bicyclic) bond motifs is 2. The Morgan fingerprint density at radius 1 is 0.909 bits per heavy atom. The SMILES string of the molecule is CC(C)n1c2cc(O)c(F)cc2c(=O)c2cc(F)c(O)cc21. The van der Waals surface area contributed by atoms with Gasteiger partial charge >= 0.3 is 0 Å². The number of halogens is 2. The lowest BCUT2D eigenvalue weighted by Crippen LogP contribution is -2.13. The van der Waals surface area contributed by atoms with Crippen molar-refractivity contribution < 1.29 is 19.0 Å². The van der Waals surface area contributed by atoms with Crippen LogP contribution < -0.4 is 5.43 Å². The van der Waals surface area contributed by atoms with Gasteiger partial charge in [0.05, 0.1) is 11.0 Å². The molecule has 0 fully saturated rings. The number of hydrogen-bond donors (Lipinski definition) is 2. The van der Waals surface area contributed by atoms with Gasteiger partial charge in [-0.2, -0.15) is 0 Å². The van der Waals surface area contributed by atoms with Crippen molar-refractivity contribution in [2.24, 2.45) is 0 Å². The zero-order valence-electron chi connectivity index (χ0n) is 11.9. The second kappa shape index (κ2) is 4.69. The molecule has 0 bridgehead atoms. The Balaban J connectivity index is 2.67. The first-order valence-corrected chi connectivity index (χ1v) is 6.70. The fourth-order valence-electron chi connectivity index (χ4n) is 2.70. The minimum atomic E-state index is -0.918. The number of phenolic OH excluding ortho intramolecular Hbond substituents is 2. The molecule has 114 valence electrons. The number of pyridine rings is 1. The molecule has 2 aromatic carbocycles.